The van der Waals surface area contributed by atoms with Crippen LogP contribution in [0.3, 0.4) is 0 Å². The van der Waals surface area contributed by atoms with Crippen LogP contribution in [0.15, 0.2) is 30.3 Å². The summed E-state index contributed by atoms with van der Waals surface area (Å²) in [6.07, 6.45) is 5.37. The van der Waals surface area contributed by atoms with Crippen molar-refractivity contribution in [3.8, 4) is 11.5 Å². The van der Waals surface area contributed by atoms with E-state index in [9.17, 15) is 9.67 Å². The van der Waals surface area contributed by atoms with Gasteiger partial charge in [-0.25, -0.2) is 4.57 Å². The molecule has 5 nitrogen and oxygen atoms in total. The van der Waals surface area contributed by atoms with Crippen LogP contribution in [0.1, 0.15) is 58.4 Å². The Morgan fingerprint density at radius 1 is 0.889 bits per heavy atom. The van der Waals surface area contributed by atoms with Crippen LogP contribution in [0.5, 0.6) is 11.5 Å². The maximum atomic E-state index is 13.1. The van der Waals surface area contributed by atoms with Gasteiger partial charge in [-0.15, -0.1) is 0 Å². The number of phosphoric acid groups is 1. The van der Waals surface area contributed by atoms with Gasteiger partial charge in [0.05, 0.1) is 13.2 Å². The minimum absolute atomic E-state index is 0.170. The highest BCUT2D eigenvalue weighted by Crippen LogP contribution is 2.51. The molecule has 6 heteroatoms. The first kappa shape index (κ1) is 21.7. The van der Waals surface area contributed by atoms with Gasteiger partial charge in [0.15, 0.2) is 0 Å². The molecule has 0 atom stereocenters. The molecule has 0 spiro atoms. The van der Waals surface area contributed by atoms with Crippen molar-refractivity contribution >= 4 is 18.6 Å². The van der Waals surface area contributed by atoms with E-state index < -0.39 is 7.82 Å². The number of phenolic OH excluding ortho intramolecular Hbond substituents is 1. The summed E-state index contributed by atoms with van der Waals surface area (Å²) >= 11 is 0. The maximum Gasteiger partial charge on any atom is 0.530 e. The fraction of sp³-hybridized carbons (Fsp3) is 0.524. The summed E-state index contributed by atoms with van der Waals surface area (Å²) in [5.74, 6) is 0.561. The summed E-state index contributed by atoms with van der Waals surface area (Å²) in [6, 6.07) is 8.99. The molecule has 0 aliphatic carbocycles. The standard InChI is InChI=1S/C21H31O5P/c1-4-7-14-24-27(23,25-15-8-5-2)26-21-13-12-20(22)19-16-17(9-6-3)10-11-18(19)21/h10-13,16,22H,4-9,14-15H2,1-3H3. The molecule has 0 amide bonds. The summed E-state index contributed by atoms with van der Waals surface area (Å²) < 4.78 is 29.9. The number of fused-ring (bicyclic) bond motifs is 1. The second-order valence-electron chi connectivity index (χ2n) is 6.62. The molecule has 150 valence electrons. The molecule has 0 saturated heterocycles. The molecular weight excluding hydrogens is 363 g/mol. The van der Waals surface area contributed by atoms with Gasteiger partial charge in [-0.2, -0.15) is 0 Å². The van der Waals surface area contributed by atoms with Crippen LogP contribution in [0, 0.1) is 0 Å². The zero-order valence-corrected chi connectivity index (χ0v) is 17.5. The number of hydrogen-bond donors (Lipinski definition) is 1. The first-order chi connectivity index (χ1) is 13.0. The van der Waals surface area contributed by atoms with E-state index >= 15 is 0 Å². The van der Waals surface area contributed by atoms with Crippen LogP contribution >= 0.6 is 7.82 Å². The Balaban J connectivity index is 2.31. The second kappa shape index (κ2) is 10.7. The Morgan fingerprint density at radius 2 is 1.56 bits per heavy atom. The maximum absolute atomic E-state index is 13.1. The Kier molecular flexibility index (Phi) is 8.62. The number of aromatic hydroxyl groups is 1. The number of benzene rings is 2. The normalized spacial score (nSPS) is 11.8. The van der Waals surface area contributed by atoms with Gasteiger partial charge >= 0.3 is 7.82 Å². The highest BCUT2D eigenvalue weighted by molar-refractivity contribution is 7.48. The van der Waals surface area contributed by atoms with Crippen molar-refractivity contribution in [2.45, 2.75) is 59.3 Å². The van der Waals surface area contributed by atoms with E-state index in [0.717, 1.165) is 44.1 Å². The molecule has 0 saturated carbocycles. The molecule has 1 N–H and O–H groups in total. The molecule has 0 aromatic heterocycles. The molecule has 27 heavy (non-hydrogen) atoms. The van der Waals surface area contributed by atoms with E-state index in [1.807, 2.05) is 32.0 Å². The largest absolute Gasteiger partial charge is 0.530 e. The number of phosphoric ester groups is 1. The van der Waals surface area contributed by atoms with Gasteiger partial charge in [0.25, 0.3) is 0 Å². The van der Waals surface area contributed by atoms with Crippen LogP contribution in [-0.2, 0) is 20.0 Å². The van der Waals surface area contributed by atoms with E-state index in [-0.39, 0.29) is 5.75 Å². The second-order valence-corrected chi connectivity index (χ2v) is 8.22. The zero-order chi connectivity index (χ0) is 19.7. The van der Waals surface area contributed by atoms with Crippen LogP contribution in [0.4, 0.5) is 0 Å². The lowest BCUT2D eigenvalue weighted by Crippen LogP contribution is -2.05. The molecule has 2 aromatic carbocycles. The minimum Gasteiger partial charge on any atom is -0.507 e. The van der Waals surface area contributed by atoms with Gasteiger partial charge in [-0.1, -0.05) is 52.2 Å². The van der Waals surface area contributed by atoms with Crippen LogP contribution in [0.25, 0.3) is 10.8 Å². The van der Waals surface area contributed by atoms with Crippen molar-refractivity contribution in [1.29, 1.82) is 0 Å². The van der Waals surface area contributed by atoms with Crippen molar-refractivity contribution in [2.24, 2.45) is 0 Å². The lowest BCUT2D eigenvalue weighted by Gasteiger charge is -2.20. The third-order valence-corrected chi connectivity index (χ3v) is 5.68. The van der Waals surface area contributed by atoms with Gasteiger partial charge < -0.3 is 9.63 Å². The number of aryl methyl sites for hydroxylation is 1. The van der Waals surface area contributed by atoms with E-state index in [0.29, 0.717) is 29.7 Å². The van der Waals surface area contributed by atoms with Crippen LogP contribution in [-0.4, -0.2) is 18.3 Å². The minimum atomic E-state index is -3.73. The van der Waals surface area contributed by atoms with E-state index in [1.54, 1.807) is 12.1 Å². The third-order valence-electron chi connectivity index (χ3n) is 4.26. The summed E-state index contributed by atoms with van der Waals surface area (Å²) in [4.78, 5) is 0. The molecule has 0 fully saturated rings. The van der Waals surface area contributed by atoms with Crippen molar-refractivity contribution < 1.29 is 23.2 Å². The first-order valence-corrected chi connectivity index (χ1v) is 11.3. The van der Waals surface area contributed by atoms with Gasteiger partial charge in [0, 0.05) is 10.8 Å². The van der Waals surface area contributed by atoms with E-state index in [1.165, 1.54) is 0 Å². The quantitative estimate of drug-likeness (QED) is 0.324. The summed E-state index contributed by atoms with van der Waals surface area (Å²) in [6.45, 7) is 6.82. The molecule has 2 rings (SSSR count). The fourth-order valence-corrected chi connectivity index (χ4v) is 4.01. The zero-order valence-electron chi connectivity index (χ0n) is 16.6. The first-order valence-electron chi connectivity index (χ1n) is 9.86. The van der Waals surface area contributed by atoms with Gasteiger partial charge in [0.2, 0.25) is 0 Å². The molecule has 0 aliphatic rings. The lowest BCUT2D eigenvalue weighted by atomic mass is 10.0. The Hall–Kier alpha value is -1.55. The van der Waals surface area contributed by atoms with Gasteiger partial charge in [0.1, 0.15) is 11.5 Å². The summed E-state index contributed by atoms with van der Waals surface area (Å²) in [7, 11) is -3.73. The van der Waals surface area contributed by atoms with Crippen LogP contribution < -0.4 is 4.52 Å². The number of unbranched alkanes of at least 4 members (excludes halogenated alkanes) is 2. The molecule has 0 bridgehead atoms. The van der Waals surface area contributed by atoms with Crippen molar-refractivity contribution in [3.63, 3.8) is 0 Å². The van der Waals surface area contributed by atoms with Gasteiger partial charge in [-0.3, -0.25) is 9.05 Å². The average Bonchev–Trinajstić information content (AvgIpc) is 2.65. The molecular formula is C21H31O5P. The van der Waals surface area contributed by atoms with E-state index in [2.05, 4.69) is 6.92 Å². The number of phenols is 1. The van der Waals surface area contributed by atoms with E-state index in [4.69, 9.17) is 13.6 Å². The topological polar surface area (TPSA) is 65.0 Å². The highest BCUT2D eigenvalue weighted by atomic mass is 31.2. The van der Waals surface area contributed by atoms with Crippen molar-refractivity contribution in [2.75, 3.05) is 13.2 Å². The predicted octanol–water partition coefficient (Wildman–Crippen LogP) is 6.62. The molecule has 0 aliphatic heterocycles. The molecule has 2 aromatic rings. The van der Waals surface area contributed by atoms with Crippen molar-refractivity contribution in [1.82, 2.24) is 0 Å². The Morgan fingerprint density at radius 3 is 2.15 bits per heavy atom. The summed E-state index contributed by atoms with van der Waals surface area (Å²) in [5.41, 5.74) is 1.14. The van der Waals surface area contributed by atoms with Crippen LogP contribution in [0.2, 0.25) is 0 Å². The number of hydrogen-bond acceptors (Lipinski definition) is 5. The van der Waals surface area contributed by atoms with Gasteiger partial charge in [-0.05, 0) is 43.0 Å². The fourth-order valence-electron chi connectivity index (χ4n) is 2.73. The monoisotopic (exact) mass is 394 g/mol. The highest BCUT2D eigenvalue weighted by Gasteiger charge is 2.29. The SMILES string of the molecule is CCCCOP(=O)(OCCCC)Oc1ccc(O)c2cc(CCC)ccc12. The molecule has 0 heterocycles. The summed E-state index contributed by atoms with van der Waals surface area (Å²) in [5, 5.41) is 11.6. The molecule has 0 unspecified atom stereocenters. The average molecular weight is 394 g/mol. The Bertz CT molecular complexity index is 761. The molecule has 0 radical (unpaired) electrons. The smallest absolute Gasteiger partial charge is 0.507 e. The van der Waals surface area contributed by atoms with Crippen molar-refractivity contribution in [3.05, 3.63) is 35.9 Å². The lowest BCUT2D eigenvalue weighted by molar-refractivity contribution is 0.152. The predicted molar refractivity (Wildman–Crippen MR) is 110 cm³/mol. The third kappa shape index (κ3) is 6.24. The Labute approximate surface area is 162 Å². The number of rotatable bonds is 12.